The molecule has 0 aromatic carbocycles. The van der Waals surface area contributed by atoms with Gasteiger partial charge in [0.05, 0.1) is 6.10 Å². The first kappa shape index (κ1) is 11.7. The van der Waals surface area contributed by atoms with Gasteiger partial charge in [-0.15, -0.1) is 0 Å². The normalized spacial score (nSPS) is 21.7. The van der Waals surface area contributed by atoms with E-state index in [-0.39, 0.29) is 6.10 Å². The van der Waals surface area contributed by atoms with Crippen molar-refractivity contribution < 1.29 is 5.11 Å². The molecular formula is C14H19N3O. The maximum Gasteiger partial charge on any atom is 0.132 e. The third-order valence-corrected chi connectivity index (χ3v) is 3.89. The van der Waals surface area contributed by atoms with Gasteiger partial charge in [0.1, 0.15) is 12.1 Å². The van der Waals surface area contributed by atoms with Crippen molar-refractivity contribution in [2.75, 3.05) is 18.0 Å². The number of anilines is 1. The largest absolute Gasteiger partial charge is 0.393 e. The van der Waals surface area contributed by atoms with Crippen LogP contribution in [0.2, 0.25) is 0 Å². The van der Waals surface area contributed by atoms with Gasteiger partial charge in [0.2, 0.25) is 0 Å². The summed E-state index contributed by atoms with van der Waals surface area (Å²) in [6.07, 6.45) is 9.85. The smallest absolute Gasteiger partial charge is 0.132 e. The molecule has 1 fully saturated rings. The molecule has 2 aliphatic rings. The molecule has 0 bridgehead atoms. The molecule has 1 aromatic rings. The fourth-order valence-corrected chi connectivity index (χ4v) is 2.71. The minimum absolute atomic E-state index is 0.137. The van der Waals surface area contributed by atoms with Crippen LogP contribution in [-0.2, 0) is 0 Å². The number of allylic oxidation sites excluding steroid dienone is 2. The average Bonchev–Trinajstić information content (AvgIpc) is 2.94. The fraction of sp³-hybridized carbons (Fsp3) is 0.571. The highest BCUT2D eigenvalue weighted by atomic mass is 16.3. The van der Waals surface area contributed by atoms with Crippen molar-refractivity contribution in [3.8, 4) is 0 Å². The summed E-state index contributed by atoms with van der Waals surface area (Å²) >= 11 is 0. The molecular weight excluding hydrogens is 226 g/mol. The first-order valence-corrected chi connectivity index (χ1v) is 6.73. The summed E-state index contributed by atoms with van der Waals surface area (Å²) in [7, 11) is 0. The molecule has 96 valence electrons. The van der Waals surface area contributed by atoms with Crippen LogP contribution in [0.1, 0.15) is 37.3 Å². The predicted molar refractivity (Wildman–Crippen MR) is 70.6 cm³/mol. The number of aliphatic hydroxyl groups excluding tert-OH is 1. The third-order valence-electron chi connectivity index (χ3n) is 3.89. The summed E-state index contributed by atoms with van der Waals surface area (Å²) in [4.78, 5) is 11.0. The van der Waals surface area contributed by atoms with E-state index in [1.165, 1.54) is 0 Å². The second kappa shape index (κ2) is 5.06. The van der Waals surface area contributed by atoms with Gasteiger partial charge < -0.3 is 10.0 Å². The summed E-state index contributed by atoms with van der Waals surface area (Å²) in [5, 5.41) is 9.53. The van der Waals surface area contributed by atoms with Crippen molar-refractivity contribution in [1.82, 2.24) is 9.97 Å². The van der Waals surface area contributed by atoms with Crippen molar-refractivity contribution in [3.05, 3.63) is 30.2 Å². The Morgan fingerprint density at radius 3 is 2.56 bits per heavy atom. The van der Waals surface area contributed by atoms with Crippen molar-refractivity contribution >= 4 is 5.82 Å². The van der Waals surface area contributed by atoms with Gasteiger partial charge in [0.15, 0.2) is 0 Å². The third kappa shape index (κ3) is 2.38. The number of aliphatic hydroxyl groups is 1. The maximum absolute atomic E-state index is 9.53. The molecule has 1 aromatic heterocycles. The predicted octanol–water partition coefficient (Wildman–Crippen LogP) is 1.87. The molecule has 3 rings (SSSR count). The second-order valence-corrected chi connectivity index (χ2v) is 5.16. The van der Waals surface area contributed by atoms with Crippen LogP contribution in [0.5, 0.6) is 0 Å². The second-order valence-electron chi connectivity index (χ2n) is 5.16. The van der Waals surface area contributed by atoms with Crippen LogP contribution in [0.25, 0.3) is 0 Å². The van der Waals surface area contributed by atoms with Gasteiger partial charge in [-0.05, 0) is 25.7 Å². The summed E-state index contributed by atoms with van der Waals surface area (Å²) in [6, 6.07) is 2.12. The number of hydrogen-bond acceptors (Lipinski definition) is 4. The van der Waals surface area contributed by atoms with Crippen LogP contribution in [0, 0.1) is 0 Å². The minimum atomic E-state index is -0.137. The van der Waals surface area contributed by atoms with Crippen LogP contribution in [0.3, 0.4) is 0 Å². The number of aromatic nitrogens is 2. The average molecular weight is 245 g/mol. The highest BCUT2D eigenvalue weighted by Gasteiger charge is 2.20. The van der Waals surface area contributed by atoms with Gasteiger partial charge in [-0.25, -0.2) is 9.97 Å². The zero-order valence-electron chi connectivity index (χ0n) is 10.5. The van der Waals surface area contributed by atoms with Gasteiger partial charge in [0, 0.05) is 30.8 Å². The first-order chi connectivity index (χ1) is 8.83. The van der Waals surface area contributed by atoms with Gasteiger partial charge in [-0.1, -0.05) is 12.2 Å². The Bertz CT molecular complexity index is 430. The van der Waals surface area contributed by atoms with E-state index in [1.807, 2.05) is 0 Å². The Hall–Kier alpha value is -1.42. The quantitative estimate of drug-likeness (QED) is 0.808. The molecule has 0 saturated carbocycles. The number of nitrogens with zero attached hydrogens (tertiary/aromatic N) is 3. The van der Waals surface area contributed by atoms with E-state index in [2.05, 4.69) is 33.1 Å². The molecule has 4 nitrogen and oxygen atoms in total. The molecule has 2 heterocycles. The molecule has 0 atom stereocenters. The fourth-order valence-electron chi connectivity index (χ4n) is 2.71. The topological polar surface area (TPSA) is 49.2 Å². The van der Waals surface area contributed by atoms with Crippen molar-refractivity contribution in [2.24, 2.45) is 0 Å². The molecule has 18 heavy (non-hydrogen) atoms. The van der Waals surface area contributed by atoms with Gasteiger partial charge >= 0.3 is 0 Å². The molecule has 0 radical (unpaired) electrons. The van der Waals surface area contributed by atoms with Gasteiger partial charge in [-0.3, -0.25) is 0 Å². The summed E-state index contributed by atoms with van der Waals surface area (Å²) in [5.41, 5.74) is 1.15. The Morgan fingerprint density at radius 1 is 1.11 bits per heavy atom. The van der Waals surface area contributed by atoms with Crippen LogP contribution >= 0.6 is 0 Å². The molecule has 1 N–H and O–H groups in total. The van der Waals surface area contributed by atoms with Crippen molar-refractivity contribution in [3.63, 3.8) is 0 Å². The van der Waals surface area contributed by atoms with Crippen LogP contribution in [-0.4, -0.2) is 34.3 Å². The van der Waals surface area contributed by atoms with E-state index in [0.717, 1.165) is 50.3 Å². The van der Waals surface area contributed by atoms with Crippen LogP contribution in [0.15, 0.2) is 24.5 Å². The summed E-state index contributed by atoms with van der Waals surface area (Å²) in [5.74, 6) is 1.54. The lowest BCUT2D eigenvalue weighted by Gasteiger charge is -2.30. The van der Waals surface area contributed by atoms with Crippen molar-refractivity contribution in [1.29, 1.82) is 0 Å². The highest BCUT2D eigenvalue weighted by molar-refractivity contribution is 5.40. The van der Waals surface area contributed by atoms with Gasteiger partial charge in [-0.2, -0.15) is 0 Å². The van der Waals surface area contributed by atoms with Crippen LogP contribution < -0.4 is 4.90 Å². The number of piperidine rings is 1. The van der Waals surface area contributed by atoms with Crippen molar-refractivity contribution in [2.45, 2.75) is 37.7 Å². The standard InChI is InChI=1S/C14H19N3O/c18-12-5-7-17(8-6-12)14-9-13(15-10-16-14)11-3-1-2-4-11/h1-2,9-12,18H,3-8H2. The van der Waals surface area contributed by atoms with Crippen LogP contribution in [0.4, 0.5) is 5.82 Å². The molecule has 1 aliphatic heterocycles. The van der Waals surface area contributed by atoms with E-state index >= 15 is 0 Å². The molecule has 1 saturated heterocycles. The Labute approximate surface area is 107 Å². The number of rotatable bonds is 2. The van der Waals surface area contributed by atoms with E-state index in [4.69, 9.17) is 0 Å². The summed E-state index contributed by atoms with van der Waals surface area (Å²) in [6.45, 7) is 1.78. The van der Waals surface area contributed by atoms with E-state index < -0.39 is 0 Å². The highest BCUT2D eigenvalue weighted by Crippen LogP contribution is 2.29. The lowest BCUT2D eigenvalue weighted by Crippen LogP contribution is -2.36. The van der Waals surface area contributed by atoms with Gasteiger partial charge in [0.25, 0.3) is 0 Å². The molecule has 1 aliphatic carbocycles. The first-order valence-electron chi connectivity index (χ1n) is 6.73. The zero-order chi connectivity index (χ0) is 12.4. The Balaban J connectivity index is 1.74. The number of hydrogen-bond donors (Lipinski definition) is 1. The molecule has 0 amide bonds. The monoisotopic (exact) mass is 245 g/mol. The van der Waals surface area contributed by atoms with E-state index in [9.17, 15) is 5.11 Å². The Morgan fingerprint density at radius 2 is 1.83 bits per heavy atom. The molecule has 0 unspecified atom stereocenters. The lowest BCUT2D eigenvalue weighted by molar-refractivity contribution is 0.145. The van der Waals surface area contributed by atoms with E-state index in [0.29, 0.717) is 5.92 Å². The molecule has 0 spiro atoms. The maximum atomic E-state index is 9.53. The zero-order valence-corrected chi connectivity index (χ0v) is 10.5. The summed E-state index contributed by atoms with van der Waals surface area (Å²) < 4.78 is 0. The molecule has 4 heteroatoms. The Kier molecular flexibility index (Phi) is 3.28. The SMILES string of the molecule is OC1CCN(c2cc(C3CC=CC3)ncn2)CC1. The lowest BCUT2D eigenvalue weighted by atomic mass is 10.0. The minimum Gasteiger partial charge on any atom is -0.393 e. The van der Waals surface area contributed by atoms with E-state index in [1.54, 1.807) is 6.33 Å².